The van der Waals surface area contributed by atoms with Crippen molar-refractivity contribution < 1.29 is 24.4 Å². The van der Waals surface area contributed by atoms with Gasteiger partial charge in [-0.05, 0) is 42.2 Å². The van der Waals surface area contributed by atoms with Gasteiger partial charge in [-0.1, -0.05) is 38.1 Å². The van der Waals surface area contributed by atoms with E-state index in [0.29, 0.717) is 29.5 Å². The highest BCUT2D eigenvalue weighted by Gasteiger charge is 2.33. The molecular weight excluding hydrogens is 376 g/mol. The van der Waals surface area contributed by atoms with Gasteiger partial charge in [-0.15, -0.1) is 0 Å². The predicted molar refractivity (Wildman–Crippen MR) is 117 cm³/mol. The first-order valence-electron chi connectivity index (χ1n) is 11.0. The van der Waals surface area contributed by atoms with Crippen molar-refractivity contribution in [3.05, 3.63) is 64.4 Å². The number of rotatable bonds is 5. The Morgan fingerprint density at radius 3 is 2.33 bits per heavy atom. The zero-order chi connectivity index (χ0) is 21.3. The molecule has 1 saturated heterocycles. The maximum absolute atomic E-state index is 12.9. The fourth-order valence-corrected chi connectivity index (χ4v) is 4.33. The average Bonchev–Trinajstić information content (AvgIpc) is 3.06. The first-order valence-corrected chi connectivity index (χ1v) is 11.0. The minimum Gasteiger partial charge on any atom is -0.507 e. The number of piperazine rings is 1. The molecule has 158 valence electrons. The number of ether oxygens (including phenoxy) is 1. The van der Waals surface area contributed by atoms with Crippen LogP contribution in [0.3, 0.4) is 0 Å². The van der Waals surface area contributed by atoms with Crippen molar-refractivity contribution in [2.24, 2.45) is 0 Å². The topological polar surface area (TPSA) is 55.4 Å². The van der Waals surface area contributed by atoms with Crippen molar-refractivity contribution in [2.75, 3.05) is 32.7 Å². The summed E-state index contributed by atoms with van der Waals surface area (Å²) in [7, 11) is 0. The number of allylic oxidation sites excluding steroid dienone is 1. The number of phenolic OH excluding ortho intramolecular Hbond substituents is 1. The number of phenols is 1. The summed E-state index contributed by atoms with van der Waals surface area (Å²) in [6.45, 7) is 12.8. The van der Waals surface area contributed by atoms with Gasteiger partial charge >= 0.3 is 0 Å². The molecule has 5 heteroatoms. The van der Waals surface area contributed by atoms with Crippen molar-refractivity contribution in [1.82, 2.24) is 0 Å². The number of nitrogens with one attached hydrogen (secondary N) is 2. The molecule has 0 bridgehead atoms. The standard InChI is InChI=1S/C25H30N2O3/c1-4-26-11-13-27(14-12-26)16-21-22(28)10-9-20-24(29)23(30-25(20)21)15-18-5-7-19(8-6-18)17(2)3/h5-10,15,17,28H,4,11-14,16H2,1-3H3/p+2/b23-15-. The minimum atomic E-state index is -0.116. The molecule has 3 N–H and O–H groups in total. The third-order valence-corrected chi connectivity index (χ3v) is 6.41. The van der Waals surface area contributed by atoms with Crippen LogP contribution in [0.2, 0.25) is 0 Å². The molecule has 0 spiro atoms. The van der Waals surface area contributed by atoms with Crippen LogP contribution in [0.15, 0.2) is 42.2 Å². The Balaban J connectivity index is 1.56. The Morgan fingerprint density at radius 2 is 1.70 bits per heavy atom. The maximum Gasteiger partial charge on any atom is 0.231 e. The number of fused-ring (bicyclic) bond motifs is 1. The Labute approximate surface area is 178 Å². The first kappa shape index (κ1) is 20.6. The molecule has 2 aliphatic rings. The third kappa shape index (κ3) is 4.13. The molecule has 0 radical (unpaired) electrons. The van der Waals surface area contributed by atoms with E-state index in [1.54, 1.807) is 23.1 Å². The van der Waals surface area contributed by atoms with Crippen molar-refractivity contribution in [2.45, 2.75) is 33.2 Å². The summed E-state index contributed by atoms with van der Waals surface area (Å²) in [5, 5.41) is 10.5. The van der Waals surface area contributed by atoms with Crippen LogP contribution in [0, 0.1) is 0 Å². The number of carbonyl (C=O) groups excluding carboxylic acids is 1. The summed E-state index contributed by atoms with van der Waals surface area (Å²) >= 11 is 0. The lowest BCUT2D eigenvalue weighted by atomic mass is 10.0. The highest BCUT2D eigenvalue weighted by molar-refractivity contribution is 6.14. The van der Waals surface area contributed by atoms with Crippen LogP contribution in [0.4, 0.5) is 0 Å². The quantitative estimate of drug-likeness (QED) is 0.657. The summed E-state index contributed by atoms with van der Waals surface area (Å²) in [6.07, 6.45) is 1.80. The lowest BCUT2D eigenvalue weighted by Gasteiger charge is -2.29. The van der Waals surface area contributed by atoms with Crippen LogP contribution in [-0.4, -0.2) is 43.6 Å². The Bertz CT molecular complexity index is 955. The molecule has 0 amide bonds. The van der Waals surface area contributed by atoms with E-state index < -0.39 is 0 Å². The maximum atomic E-state index is 12.9. The van der Waals surface area contributed by atoms with Gasteiger partial charge in [0.25, 0.3) is 0 Å². The van der Waals surface area contributed by atoms with E-state index >= 15 is 0 Å². The number of ketones is 1. The number of benzene rings is 2. The van der Waals surface area contributed by atoms with E-state index in [9.17, 15) is 9.90 Å². The molecule has 2 heterocycles. The number of carbonyl (C=O) groups is 1. The van der Waals surface area contributed by atoms with Crippen LogP contribution < -0.4 is 14.5 Å². The van der Waals surface area contributed by atoms with E-state index in [2.05, 4.69) is 32.9 Å². The van der Waals surface area contributed by atoms with Gasteiger partial charge in [0.05, 0.1) is 17.7 Å². The highest BCUT2D eigenvalue weighted by Crippen LogP contribution is 2.39. The second-order valence-electron chi connectivity index (χ2n) is 8.73. The van der Waals surface area contributed by atoms with Gasteiger partial charge in [0.15, 0.2) is 11.5 Å². The van der Waals surface area contributed by atoms with Gasteiger partial charge in [-0.25, -0.2) is 0 Å². The molecule has 30 heavy (non-hydrogen) atoms. The van der Waals surface area contributed by atoms with E-state index in [0.717, 1.165) is 43.9 Å². The number of hydrogen-bond acceptors (Lipinski definition) is 3. The van der Waals surface area contributed by atoms with Gasteiger partial charge in [-0.2, -0.15) is 0 Å². The molecule has 0 saturated carbocycles. The SMILES string of the molecule is CC[NH+]1CC[NH+](Cc2c(O)ccc3c2O/C(=C\c2ccc(C(C)C)cc2)C3=O)CC1. The van der Waals surface area contributed by atoms with E-state index in [1.165, 1.54) is 10.5 Å². The van der Waals surface area contributed by atoms with Gasteiger partial charge < -0.3 is 19.6 Å². The molecule has 0 atom stereocenters. The fourth-order valence-electron chi connectivity index (χ4n) is 4.33. The Hall–Kier alpha value is -2.63. The van der Waals surface area contributed by atoms with Gasteiger partial charge in [0, 0.05) is 0 Å². The van der Waals surface area contributed by atoms with Crippen molar-refractivity contribution in [1.29, 1.82) is 0 Å². The lowest BCUT2D eigenvalue weighted by Crippen LogP contribution is -3.27. The fraction of sp³-hybridized carbons (Fsp3) is 0.400. The molecule has 1 fully saturated rings. The van der Waals surface area contributed by atoms with E-state index in [4.69, 9.17) is 4.74 Å². The number of aromatic hydroxyl groups is 1. The predicted octanol–water partition coefficient (Wildman–Crippen LogP) is 1.44. The second-order valence-corrected chi connectivity index (χ2v) is 8.73. The van der Waals surface area contributed by atoms with Crippen LogP contribution >= 0.6 is 0 Å². The zero-order valence-electron chi connectivity index (χ0n) is 18.1. The Kier molecular flexibility index (Phi) is 5.93. The Morgan fingerprint density at radius 1 is 1.03 bits per heavy atom. The molecule has 0 unspecified atom stereocenters. The highest BCUT2D eigenvalue weighted by atomic mass is 16.5. The van der Waals surface area contributed by atoms with Gasteiger partial charge in [-0.3, -0.25) is 4.79 Å². The summed E-state index contributed by atoms with van der Waals surface area (Å²) in [5.74, 6) is 1.41. The zero-order valence-corrected chi connectivity index (χ0v) is 18.1. The minimum absolute atomic E-state index is 0.116. The number of likely N-dealkylation sites (N-methyl/N-ethyl adjacent to an activating group) is 1. The first-order chi connectivity index (χ1) is 14.5. The normalized spacial score (nSPS) is 22.4. The van der Waals surface area contributed by atoms with Crippen LogP contribution in [0.1, 0.15) is 53.7 Å². The van der Waals surface area contributed by atoms with Crippen molar-refractivity contribution in [3.63, 3.8) is 0 Å². The van der Waals surface area contributed by atoms with Crippen LogP contribution in [-0.2, 0) is 6.54 Å². The summed E-state index contributed by atoms with van der Waals surface area (Å²) in [6, 6.07) is 11.5. The van der Waals surface area contributed by atoms with E-state index in [-0.39, 0.29) is 11.5 Å². The number of Topliss-reactive ketones (excluding diaryl/α,β-unsaturated/α-hetero) is 1. The molecule has 4 rings (SSSR count). The molecule has 0 aliphatic carbocycles. The van der Waals surface area contributed by atoms with Crippen molar-refractivity contribution in [3.8, 4) is 11.5 Å². The largest absolute Gasteiger partial charge is 0.507 e. The molecule has 5 nitrogen and oxygen atoms in total. The summed E-state index contributed by atoms with van der Waals surface area (Å²) in [4.78, 5) is 16.0. The molecule has 2 aromatic rings. The molecular formula is C25H32N2O3+2. The summed E-state index contributed by atoms with van der Waals surface area (Å²) in [5.41, 5.74) is 3.49. The average molecular weight is 409 g/mol. The lowest BCUT2D eigenvalue weighted by molar-refractivity contribution is -1.02. The smallest absolute Gasteiger partial charge is 0.231 e. The van der Waals surface area contributed by atoms with Gasteiger partial charge in [0.1, 0.15) is 38.5 Å². The van der Waals surface area contributed by atoms with Gasteiger partial charge in [0.2, 0.25) is 5.78 Å². The number of hydrogen-bond donors (Lipinski definition) is 3. The number of quaternary nitrogens is 2. The van der Waals surface area contributed by atoms with E-state index in [1.807, 2.05) is 12.1 Å². The van der Waals surface area contributed by atoms with Crippen molar-refractivity contribution >= 4 is 11.9 Å². The molecule has 2 aromatic carbocycles. The molecule has 0 aromatic heterocycles. The molecule has 2 aliphatic heterocycles. The third-order valence-electron chi connectivity index (χ3n) is 6.41. The summed E-state index contributed by atoms with van der Waals surface area (Å²) < 4.78 is 6.03. The second kappa shape index (κ2) is 8.62. The van der Waals surface area contributed by atoms with Crippen LogP contribution in [0.5, 0.6) is 11.5 Å². The monoisotopic (exact) mass is 408 g/mol. The van der Waals surface area contributed by atoms with Crippen LogP contribution in [0.25, 0.3) is 6.08 Å².